The number of nitrogens with two attached hydrogens (primary N) is 1. The van der Waals surface area contributed by atoms with E-state index in [0.29, 0.717) is 11.6 Å². The van der Waals surface area contributed by atoms with Gasteiger partial charge in [-0.1, -0.05) is 0 Å². The summed E-state index contributed by atoms with van der Waals surface area (Å²) in [6.07, 6.45) is 6.21. The van der Waals surface area contributed by atoms with Gasteiger partial charge in [0.2, 0.25) is 0 Å². The summed E-state index contributed by atoms with van der Waals surface area (Å²) in [5, 5.41) is 3.11. The van der Waals surface area contributed by atoms with E-state index in [1.807, 2.05) is 0 Å². The van der Waals surface area contributed by atoms with Crippen molar-refractivity contribution < 1.29 is 4.79 Å². The molecule has 3 N–H and O–H groups in total. The van der Waals surface area contributed by atoms with Gasteiger partial charge in [-0.25, -0.2) is 4.98 Å². The number of nitrogens with zero attached hydrogens (tertiary/aromatic N) is 2. The lowest BCUT2D eigenvalue weighted by Gasteiger charge is -2.35. The molecule has 5 nitrogen and oxygen atoms in total. The summed E-state index contributed by atoms with van der Waals surface area (Å²) >= 11 is 3.32. The molecule has 20 heavy (non-hydrogen) atoms. The average Bonchev–Trinajstić information content (AvgIpc) is 2.89. The third-order valence-electron chi connectivity index (χ3n) is 4.29. The van der Waals surface area contributed by atoms with Crippen LogP contribution in [0.3, 0.4) is 0 Å². The lowest BCUT2D eigenvalue weighted by atomic mass is 9.97. The fourth-order valence-corrected chi connectivity index (χ4v) is 3.58. The minimum Gasteiger partial charge on any atom is -0.383 e. The first-order chi connectivity index (χ1) is 9.63. The highest BCUT2D eigenvalue weighted by molar-refractivity contribution is 9.10. The third kappa shape index (κ3) is 2.81. The van der Waals surface area contributed by atoms with Gasteiger partial charge in [0.1, 0.15) is 5.82 Å². The van der Waals surface area contributed by atoms with Crippen molar-refractivity contribution in [1.82, 2.24) is 15.2 Å². The van der Waals surface area contributed by atoms with Crippen molar-refractivity contribution in [3.8, 4) is 0 Å². The van der Waals surface area contributed by atoms with Crippen LogP contribution < -0.4 is 11.1 Å². The number of hydrogen-bond donors (Lipinski definition) is 2. The summed E-state index contributed by atoms with van der Waals surface area (Å²) in [4.78, 5) is 18.9. The molecule has 0 spiro atoms. The second kappa shape index (κ2) is 5.69. The lowest BCUT2D eigenvalue weighted by molar-refractivity contribution is 0.0897. The summed E-state index contributed by atoms with van der Waals surface area (Å²) in [6, 6.07) is 2.62. The Balaban J connectivity index is 1.65. The number of hydrogen-bond acceptors (Lipinski definition) is 4. The van der Waals surface area contributed by atoms with Gasteiger partial charge in [0.05, 0.1) is 5.56 Å². The molecule has 0 bridgehead atoms. The monoisotopic (exact) mass is 338 g/mol. The number of carbonyl (C=O) groups excluding carboxylic acids is 1. The van der Waals surface area contributed by atoms with E-state index >= 15 is 0 Å². The molecule has 1 aromatic rings. The minimum atomic E-state index is -0.118. The predicted molar refractivity (Wildman–Crippen MR) is 81.4 cm³/mol. The molecular weight excluding hydrogens is 320 g/mol. The Labute approximate surface area is 127 Å². The minimum absolute atomic E-state index is 0.118. The zero-order valence-corrected chi connectivity index (χ0v) is 12.9. The number of carbonyl (C=O) groups is 1. The second-order valence-corrected chi connectivity index (χ2v) is 6.53. The molecule has 1 amide bonds. The largest absolute Gasteiger partial charge is 0.383 e. The highest BCUT2D eigenvalue weighted by atomic mass is 79.9. The van der Waals surface area contributed by atoms with Crippen molar-refractivity contribution in [1.29, 1.82) is 0 Å². The van der Waals surface area contributed by atoms with Crippen LogP contribution in [0.15, 0.2) is 16.7 Å². The third-order valence-corrected chi connectivity index (χ3v) is 4.72. The molecule has 2 aliphatic rings. The second-order valence-electron chi connectivity index (χ2n) is 5.61. The molecule has 0 aliphatic carbocycles. The van der Waals surface area contributed by atoms with E-state index in [1.54, 1.807) is 12.3 Å². The molecule has 0 radical (unpaired) electrons. The van der Waals surface area contributed by atoms with Crippen LogP contribution in [-0.4, -0.2) is 41.0 Å². The molecule has 3 heterocycles. The first-order valence-corrected chi connectivity index (χ1v) is 7.88. The Bertz CT molecular complexity index is 522. The van der Waals surface area contributed by atoms with Crippen molar-refractivity contribution in [2.75, 3.05) is 18.8 Å². The summed E-state index contributed by atoms with van der Waals surface area (Å²) in [5.74, 6) is 0.164. The van der Waals surface area contributed by atoms with Crippen molar-refractivity contribution >= 4 is 27.7 Å². The van der Waals surface area contributed by atoms with E-state index in [0.717, 1.165) is 23.9 Å². The SMILES string of the molecule is Nc1ncc(Br)cc1C(=O)NC1CCN2CCCC2C1. The maximum atomic E-state index is 12.3. The van der Waals surface area contributed by atoms with Crippen molar-refractivity contribution in [3.63, 3.8) is 0 Å². The molecule has 3 rings (SSSR count). The van der Waals surface area contributed by atoms with Gasteiger partial charge in [0.25, 0.3) is 5.91 Å². The molecule has 2 fully saturated rings. The summed E-state index contributed by atoms with van der Waals surface area (Å²) in [7, 11) is 0. The Kier molecular flexibility index (Phi) is 3.94. The number of rotatable bonds is 2. The number of nitrogens with one attached hydrogen (secondary N) is 1. The van der Waals surface area contributed by atoms with Gasteiger partial charge in [0, 0.05) is 29.3 Å². The first kappa shape index (κ1) is 13.8. The number of fused-ring (bicyclic) bond motifs is 1. The fraction of sp³-hybridized carbons (Fsp3) is 0.571. The van der Waals surface area contributed by atoms with E-state index in [2.05, 4.69) is 31.1 Å². The topological polar surface area (TPSA) is 71.2 Å². The van der Waals surface area contributed by atoms with Crippen molar-refractivity contribution in [2.24, 2.45) is 0 Å². The van der Waals surface area contributed by atoms with Crippen LogP contribution in [0.1, 0.15) is 36.0 Å². The van der Waals surface area contributed by atoms with Gasteiger partial charge in [0.15, 0.2) is 0 Å². The quantitative estimate of drug-likeness (QED) is 0.862. The molecule has 2 atom stereocenters. The van der Waals surface area contributed by atoms with E-state index < -0.39 is 0 Å². The normalized spacial score (nSPS) is 26.2. The Hall–Kier alpha value is -1.14. The molecule has 0 saturated carbocycles. The Morgan fingerprint density at radius 2 is 2.30 bits per heavy atom. The molecule has 2 aliphatic heterocycles. The number of piperidine rings is 1. The molecular formula is C14H19BrN4O. The van der Waals surface area contributed by atoms with Gasteiger partial charge >= 0.3 is 0 Å². The van der Waals surface area contributed by atoms with Crippen LogP contribution in [0, 0.1) is 0 Å². The maximum absolute atomic E-state index is 12.3. The summed E-state index contributed by atoms with van der Waals surface area (Å²) < 4.78 is 0.766. The summed E-state index contributed by atoms with van der Waals surface area (Å²) in [5.41, 5.74) is 6.23. The van der Waals surface area contributed by atoms with Gasteiger partial charge in [-0.3, -0.25) is 4.79 Å². The predicted octanol–water partition coefficient (Wildman–Crippen LogP) is 1.78. The van der Waals surface area contributed by atoms with E-state index in [-0.39, 0.29) is 17.8 Å². The highest BCUT2D eigenvalue weighted by Crippen LogP contribution is 2.27. The zero-order valence-electron chi connectivity index (χ0n) is 11.3. The number of aromatic nitrogens is 1. The van der Waals surface area contributed by atoms with E-state index in [4.69, 9.17) is 5.73 Å². The lowest BCUT2D eigenvalue weighted by Crippen LogP contribution is -2.47. The molecule has 108 valence electrons. The fourth-order valence-electron chi connectivity index (χ4n) is 3.25. The van der Waals surface area contributed by atoms with Gasteiger partial charge in [-0.2, -0.15) is 0 Å². The van der Waals surface area contributed by atoms with Crippen LogP contribution in [0.25, 0.3) is 0 Å². The van der Waals surface area contributed by atoms with Gasteiger partial charge in [-0.15, -0.1) is 0 Å². The van der Waals surface area contributed by atoms with Crippen LogP contribution in [0.2, 0.25) is 0 Å². The standard InChI is InChI=1S/C14H19BrN4O/c15-9-6-12(13(16)17-8-9)14(20)18-10-3-5-19-4-1-2-11(19)7-10/h6,8,10-11H,1-5,7H2,(H2,16,17)(H,18,20). The molecule has 1 aromatic heterocycles. The number of pyridine rings is 1. The van der Waals surface area contributed by atoms with Crippen LogP contribution in [-0.2, 0) is 0 Å². The smallest absolute Gasteiger partial charge is 0.255 e. The molecule has 6 heteroatoms. The maximum Gasteiger partial charge on any atom is 0.255 e. The zero-order chi connectivity index (χ0) is 14.1. The Morgan fingerprint density at radius 3 is 3.15 bits per heavy atom. The number of halogens is 1. The van der Waals surface area contributed by atoms with Crippen LogP contribution in [0.5, 0.6) is 0 Å². The first-order valence-electron chi connectivity index (χ1n) is 7.09. The average molecular weight is 339 g/mol. The van der Waals surface area contributed by atoms with Crippen molar-refractivity contribution in [3.05, 3.63) is 22.3 Å². The van der Waals surface area contributed by atoms with Crippen molar-refractivity contribution in [2.45, 2.75) is 37.8 Å². The van der Waals surface area contributed by atoms with Crippen LogP contribution >= 0.6 is 15.9 Å². The highest BCUT2D eigenvalue weighted by Gasteiger charge is 2.32. The molecule has 0 aromatic carbocycles. The van der Waals surface area contributed by atoms with Gasteiger partial charge in [-0.05, 0) is 54.2 Å². The Morgan fingerprint density at radius 1 is 1.45 bits per heavy atom. The number of amides is 1. The molecule has 2 saturated heterocycles. The van der Waals surface area contributed by atoms with E-state index in [1.165, 1.54) is 19.4 Å². The van der Waals surface area contributed by atoms with Gasteiger partial charge < -0.3 is 16.0 Å². The molecule has 2 unspecified atom stereocenters. The van der Waals surface area contributed by atoms with E-state index in [9.17, 15) is 4.79 Å². The number of nitrogen functional groups attached to an aromatic ring is 1. The summed E-state index contributed by atoms with van der Waals surface area (Å²) in [6.45, 7) is 2.30. The van der Waals surface area contributed by atoms with Crippen LogP contribution in [0.4, 0.5) is 5.82 Å². The number of anilines is 1.